The van der Waals surface area contributed by atoms with E-state index in [1.807, 2.05) is 0 Å². The normalized spacial score (nSPS) is 10.8. The van der Waals surface area contributed by atoms with E-state index in [2.05, 4.69) is 32.4 Å². The second-order valence-corrected chi connectivity index (χ2v) is 5.06. The minimum absolute atomic E-state index is 0.0135. The van der Waals surface area contributed by atoms with Crippen LogP contribution in [0.1, 0.15) is 5.56 Å². The summed E-state index contributed by atoms with van der Waals surface area (Å²) in [6.07, 6.45) is 1.63. The number of nitrogens with two attached hydrogens (primary N) is 1. The number of halogens is 3. The fraction of sp³-hybridized carbons (Fsp3) is 0.250. The number of rotatable bonds is 5. The molecule has 1 aromatic heterocycles. The first-order chi connectivity index (χ1) is 9.51. The first kappa shape index (κ1) is 14.8. The van der Waals surface area contributed by atoms with Gasteiger partial charge in [-0.25, -0.2) is 4.68 Å². The summed E-state index contributed by atoms with van der Waals surface area (Å²) in [6.45, 7) is -2.55. The molecule has 0 saturated heterocycles. The molecule has 8 heteroatoms. The van der Waals surface area contributed by atoms with E-state index in [4.69, 9.17) is 10.5 Å². The maximum atomic E-state index is 12.3. The van der Waals surface area contributed by atoms with Crippen LogP contribution in [0.2, 0.25) is 0 Å². The molecule has 1 aromatic carbocycles. The van der Waals surface area contributed by atoms with Crippen molar-refractivity contribution in [2.45, 2.75) is 13.2 Å². The molecule has 0 bridgehead atoms. The first-order valence-corrected chi connectivity index (χ1v) is 6.67. The molecule has 0 aliphatic heterocycles. The fourth-order valence-corrected chi connectivity index (χ4v) is 2.08. The van der Waals surface area contributed by atoms with Gasteiger partial charge in [-0.2, -0.15) is 13.9 Å². The third-order valence-electron chi connectivity index (χ3n) is 2.61. The lowest BCUT2D eigenvalue weighted by Crippen LogP contribution is -2.08. The van der Waals surface area contributed by atoms with Crippen molar-refractivity contribution in [1.29, 1.82) is 0 Å². The van der Waals surface area contributed by atoms with Gasteiger partial charge in [0.05, 0.1) is 23.4 Å². The van der Waals surface area contributed by atoms with Crippen molar-refractivity contribution >= 4 is 28.4 Å². The van der Waals surface area contributed by atoms with Crippen LogP contribution in [0.5, 0.6) is 11.5 Å². The van der Waals surface area contributed by atoms with E-state index in [9.17, 15) is 8.78 Å². The predicted octanol–water partition coefficient (Wildman–Crippen LogP) is 2.73. The van der Waals surface area contributed by atoms with Crippen LogP contribution in [0.3, 0.4) is 0 Å². The Morgan fingerprint density at radius 3 is 2.70 bits per heavy atom. The van der Waals surface area contributed by atoms with E-state index in [-0.39, 0.29) is 11.5 Å². The number of hydrogen-bond acceptors (Lipinski definition) is 4. The Morgan fingerprint density at radius 1 is 1.40 bits per heavy atom. The van der Waals surface area contributed by atoms with Crippen molar-refractivity contribution in [1.82, 2.24) is 9.78 Å². The number of hydrogen-bond donors (Lipinski definition) is 1. The lowest BCUT2D eigenvalue weighted by molar-refractivity contribution is -0.0512. The zero-order valence-corrected chi connectivity index (χ0v) is 12.7. The summed E-state index contributed by atoms with van der Waals surface area (Å²) in [7, 11) is 1.39. The van der Waals surface area contributed by atoms with Crippen LogP contribution in [0.4, 0.5) is 14.6 Å². The monoisotopic (exact) mass is 395 g/mol. The Hall–Kier alpha value is -1.58. The molecule has 2 N–H and O–H groups in total. The summed E-state index contributed by atoms with van der Waals surface area (Å²) >= 11 is 2.07. The Morgan fingerprint density at radius 2 is 2.15 bits per heavy atom. The predicted molar refractivity (Wildman–Crippen MR) is 78.1 cm³/mol. The lowest BCUT2D eigenvalue weighted by Gasteiger charge is -2.12. The summed E-state index contributed by atoms with van der Waals surface area (Å²) in [5.41, 5.74) is 6.57. The Kier molecular flexibility index (Phi) is 4.63. The van der Waals surface area contributed by atoms with Crippen molar-refractivity contribution in [3.05, 3.63) is 33.5 Å². The van der Waals surface area contributed by atoms with E-state index in [1.165, 1.54) is 13.2 Å². The Labute approximate surface area is 127 Å². The van der Waals surface area contributed by atoms with Gasteiger partial charge >= 0.3 is 6.61 Å². The summed E-state index contributed by atoms with van der Waals surface area (Å²) in [5.74, 6) is 0.759. The van der Waals surface area contributed by atoms with Gasteiger partial charge in [0, 0.05) is 0 Å². The molecule has 0 fully saturated rings. The fourth-order valence-electron chi connectivity index (χ4n) is 1.68. The number of aromatic nitrogens is 2. The molecule has 0 atom stereocenters. The van der Waals surface area contributed by atoms with Gasteiger partial charge in [0.2, 0.25) is 0 Å². The average Bonchev–Trinajstić information content (AvgIpc) is 2.70. The van der Waals surface area contributed by atoms with Gasteiger partial charge in [-0.3, -0.25) is 0 Å². The average molecular weight is 395 g/mol. The molecule has 0 spiro atoms. The van der Waals surface area contributed by atoms with E-state index in [0.717, 1.165) is 9.13 Å². The highest BCUT2D eigenvalue weighted by atomic mass is 127. The van der Waals surface area contributed by atoms with Crippen LogP contribution >= 0.6 is 22.6 Å². The van der Waals surface area contributed by atoms with Crippen LogP contribution < -0.4 is 15.2 Å². The number of nitrogen functional groups attached to an aromatic ring is 1. The number of methoxy groups -OCH3 is 1. The molecule has 2 rings (SSSR count). The van der Waals surface area contributed by atoms with Gasteiger partial charge in [0.25, 0.3) is 0 Å². The van der Waals surface area contributed by atoms with E-state index < -0.39 is 6.61 Å². The van der Waals surface area contributed by atoms with Crippen LogP contribution in [-0.2, 0) is 6.54 Å². The summed E-state index contributed by atoms with van der Waals surface area (Å²) in [6, 6.07) is 4.79. The van der Waals surface area contributed by atoms with Crippen LogP contribution in [0.15, 0.2) is 24.4 Å². The molecule has 0 radical (unpaired) electrons. The van der Waals surface area contributed by atoms with Crippen LogP contribution in [-0.4, -0.2) is 23.5 Å². The van der Waals surface area contributed by atoms with Gasteiger partial charge in [0.15, 0.2) is 11.5 Å². The molecule has 0 amide bonds. The molecular formula is C12H12F2IN3O2. The standard InChI is InChI=1S/C12H12F2IN3O2/c1-19-9-3-2-7(4-10(9)20-12(13)14)6-18-11(16)8(15)5-17-18/h2-5,12H,6,16H2,1H3. The van der Waals surface area contributed by atoms with Crippen molar-refractivity contribution in [2.75, 3.05) is 12.8 Å². The number of benzene rings is 1. The molecular weight excluding hydrogens is 383 g/mol. The van der Waals surface area contributed by atoms with E-state index in [1.54, 1.807) is 23.0 Å². The molecule has 1 heterocycles. The minimum atomic E-state index is -2.91. The molecule has 5 nitrogen and oxygen atoms in total. The number of anilines is 1. The third kappa shape index (κ3) is 3.30. The second-order valence-electron chi connectivity index (χ2n) is 3.90. The zero-order valence-electron chi connectivity index (χ0n) is 10.5. The summed E-state index contributed by atoms with van der Waals surface area (Å²) < 4.78 is 36.5. The molecule has 2 aromatic rings. The molecule has 0 aliphatic rings. The van der Waals surface area contributed by atoms with Crippen molar-refractivity contribution < 1.29 is 18.3 Å². The number of ether oxygens (including phenoxy) is 2. The van der Waals surface area contributed by atoms with Gasteiger partial charge in [-0.1, -0.05) is 6.07 Å². The van der Waals surface area contributed by atoms with Crippen molar-refractivity contribution in [3.63, 3.8) is 0 Å². The van der Waals surface area contributed by atoms with E-state index in [0.29, 0.717) is 12.4 Å². The third-order valence-corrected chi connectivity index (χ3v) is 3.44. The smallest absolute Gasteiger partial charge is 0.387 e. The largest absolute Gasteiger partial charge is 0.493 e. The molecule has 108 valence electrons. The quantitative estimate of drug-likeness (QED) is 0.792. The van der Waals surface area contributed by atoms with Crippen LogP contribution in [0.25, 0.3) is 0 Å². The van der Waals surface area contributed by atoms with Crippen molar-refractivity contribution in [2.24, 2.45) is 0 Å². The van der Waals surface area contributed by atoms with Crippen molar-refractivity contribution in [3.8, 4) is 11.5 Å². The highest BCUT2D eigenvalue weighted by Crippen LogP contribution is 2.30. The Bertz CT molecular complexity index is 604. The minimum Gasteiger partial charge on any atom is -0.493 e. The highest BCUT2D eigenvalue weighted by molar-refractivity contribution is 14.1. The maximum absolute atomic E-state index is 12.3. The second kappa shape index (κ2) is 6.25. The lowest BCUT2D eigenvalue weighted by atomic mass is 10.2. The van der Waals surface area contributed by atoms with Crippen LogP contribution in [0, 0.1) is 3.57 Å². The number of alkyl halides is 2. The van der Waals surface area contributed by atoms with Gasteiger partial charge in [-0.15, -0.1) is 0 Å². The molecule has 0 saturated carbocycles. The summed E-state index contributed by atoms with van der Waals surface area (Å²) in [5, 5.41) is 4.11. The molecule has 20 heavy (non-hydrogen) atoms. The SMILES string of the molecule is COc1ccc(Cn2ncc(I)c2N)cc1OC(F)F. The Balaban J connectivity index is 2.26. The van der Waals surface area contributed by atoms with E-state index >= 15 is 0 Å². The molecule has 0 unspecified atom stereocenters. The topological polar surface area (TPSA) is 62.3 Å². The highest BCUT2D eigenvalue weighted by Gasteiger charge is 2.12. The van der Waals surface area contributed by atoms with Gasteiger partial charge in [0.1, 0.15) is 5.82 Å². The van der Waals surface area contributed by atoms with Gasteiger partial charge in [-0.05, 0) is 40.3 Å². The zero-order chi connectivity index (χ0) is 14.7. The summed E-state index contributed by atoms with van der Waals surface area (Å²) in [4.78, 5) is 0. The first-order valence-electron chi connectivity index (χ1n) is 5.59. The number of nitrogens with zero attached hydrogens (tertiary/aromatic N) is 2. The van der Waals surface area contributed by atoms with Gasteiger partial charge < -0.3 is 15.2 Å². The maximum Gasteiger partial charge on any atom is 0.387 e. The molecule has 0 aliphatic carbocycles.